The van der Waals surface area contributed by atoms with Crippen molar-refractivity contribution in [3.63, 3.8) is 0 Å². The highest BCUT2D eigenvalue weighted by Crippen LogP contribution is 2.22. The molecule has 4 rings (SSSR count). The quantitative estimate of drug-likeness (QED) is 0.731. The van der Waals surface area contributed by atoms with Crippen molar-refractivity contribution in [2.75, 3.05) is 43.1 Å². The molecule has 0 aliphatic carbocycles. The fourth-order valence-corrected chi connectivity index (χ4v) is 4.07. The Morgan fingerprint density at radius 3 is 2.64 bits per heavy atom. The lowest BCUT2D eigenvalue weighted by Gasteiger charge is -2.45. The van der Waals surface area contributed by atoms with E-state index in [2.05, 4.69) is 48.2 Å². The Morgan fingerprint density at radius 1 is 1.25 bits per heavy atom. The Morgan fingerprint density at radius 2 is 2.04 bits per heavy atom. The number of rotatable bonds is 4. The maximum Gasteiger partial charge on any atom is 0.274 e. The minimum Gasteiger partial charge on any atom is -0.378 e. The van der Waals surface area contributed by atoms with E-state index in [1.807, 2.05) is 12.1 Å². The van der Waals surface area contributed by atoms with E-state index < -0.39 is 0 Å². The van der Waals surface area contributed by atoms with Crippen LogP contribution in [0, 0.1) is 0 Å². The van der Waals surface area contributed by atoms with E-state index in [-0.39, 0.29) is 19.1 Å². The molecule has 0 aromatic carbocycles. The molecular formula is C18H25BrN6O2S. The van der Waals surface area contributed by atoms with Gasteiger partial charge in [-0.2, -0.15) is 13.5 Å². The molecule has 152 valence electrons. The predicted molar refractivity (Wildman–Crippen MR) is 118 cm³/mol. The average molecular weight is 469 g/mol. The molecule has 0 radical (unpaired) electrons. The average Bonchev–Trinajstić information content (AvgIpc) is 2.59. The largest absolute Gasteiger partial charge is 0.378 e. The van der Waals surface area contributed by atoms with Gasteiger partial charge in [0, 0.05) is 43.4 Å². The maximum absolute atomic E-state index is 12.2. The zero-order valence-electron chi connectivity index (χ0n) is 15.9. The van der Waals surface area contributed by atoms with Crippen molar-refractivity contribution in [1.82, 2.24) is 19.7 Å². The Balaban J connectivity index is 0.00000225. The van der Waals surface area contributed by atoms with E-state index in [0.717, 1.165) is 43.1 Å². The summed E-state index contributed by atoms with van der Waals surface area (Å²) in [5.74, 6) is 1.41. The molecule has 2 saturated heterocycles. The first-order valence-corrected chi connectivity index (χ1v) is 9.86. The summed E-state index contributed by atoms with van der Waals surface area (Å²) in [6, 6.07) is 6.49. The lowest BCUT2D eigenvalue weighted by atomic mass is 10.1. The summed E-state index contributed by atoms with van der Waals surface area (Å²) in [4.78, 5) is 17.0. The summed E-state index contributed by atoms with van der Waals surface area (Å²) in [6.07, 6.45) is 1.72. The van der Waals surface area contributed by atoms with Gasteiger partial charge in [-0.05, 0) is 41.1 Å². The highest BCUT2D eigenvalue weighted by atomic mass is 79.9. The molecule has 0 amide bonds. The number of aryl methyl sites for hydroxylation is 1. The number of halogens is 1. The van der Waals surface area contributed by atoms with Gasteiger partial charge >= 0.3 is 0 Å². The van der Waals surface area contributed by atoms with E-state index in [1.54, 1.807) is 19.3 Å². The Hall–Kier alpha value is -1.62. The molecule has 2 fully saturated rings. The molecule has 0 unspecified atom stereocenters. The van der Waals surface area contributed by atoms with Crippen molar-refractivity contribution in [3.05, 3.63) is 39.2 Å². The molecule has 2 aliphatic rings. The third-order valence-corrected chi connectivity index (χ3v) is 5.59. The van der Waals surface area contributed by atoms with Gasteiger partial charge in [0.25, 0.3) is 5.56 Å². The molecule has 2 aromatic heterocycles. The standard InChI is InChI=1S/C18H23BrN6O2.H2S/c1-12-8-24(14-10-27-11-14)5-6-25(12)17-4-3-16(21-22-17)20-15-7-13(19)9-23(2)18(15)26;/h3-4,7,9,12,14H,5-6,8,10-11H2,1-2H3,(H,20,21);1H2/t12-;/m0./s1. The number of hydrogen-bond acceptors (Lipinski definition) is 7. The number of ether oxygens (including phenoxy) is 1. The summed E-state index contributed by atoms with van der Waals surface area (Å²) in [6.45, 7) is 6.85. The number of piperazine rings is 1. The van der Waals surface area contributed by atoms with Gasteiger partial charge < -0.3 is 19.5 Å². The maximum atomic E-state index is 12.2. The molecule has 28 heavy (non-hydrogen) atoms. The van der Waals surface area contributed by atoms with Gasteiger partial charge in [0.1, 0.15) is 5.69 Å². The molecule has 1 N–H and O–H groups in total. The molecule has 2 aromatic rings. The molecular weight excluding hydrogens is 444 g/mol. The summed E-state index contributed by atoms with van der Waals surface area (Å²) < 4.78 is 7.64. The van der Waals surface area contributed by atoms with Gasteiger partial charge in [-0.15, -0.1) is 10.2 Å². The number of pyridine rings is 1. The molecule has 0 spiro atoms. The summed E-state index contributed by atoms with van der Waals surface area (Å²) >= 11 is 3.40. The van der Waals surface area contributed by atoms with E-state index >= 15 is 0 Å². The number of aromatic nitrogens is 3. The zero-order valence-corrected chi connectivity index (χ0v) is 18.5. The second-order valence-corrected chi connectivity index (χ2v) is 8.03. The molecule has 0 saturated carbocycles. The van der Waals surface area contributed by atoms with Crippen LogP contribution in [0.3, 0.4) is 0 Å². The second-order valence-electron chi connectivity index (χ2n) is 7.12. The first-order chi connectivity index (χ1) is 13.0. The first-order valence-electron chi connectivity index (χ1n) is 9.06. The lowest BCUT2D eigenvalue weighted by molar-refractivity contribution is -0.0692. The number of nitrogens with one attached hydrogen (secondary N) is 1. The van der Waals surface area contributed by atoms with Crippen LogP contribution in [-0.2, 0) is 11.8 Å². The Kier molecular flexibility index (Phi) is 6.64. The summed E-state index contributed by atoms with van der Waals surface area (Å²) in [7, 11) is 1.71. The van der Waals surface area contributed by atoms with Crippen molar-refractivity contribution in [2.24, 2.45) is 7.05 Å². The van der Waals surface area contributed by atoms with Crippen LogP contribution in [0.4, 0.5) is 17.3 Å². The highest BCUT2D eigenvalue weighted by molar-refractivity contribution is 9.10. The van der Waals surface area contributed by atoms with Crippen LogP contribution in [0.5, 0.6) is 0 Å². The summed E-state index contributed by atoms with van der Waals surface area (Å²) in [5, 5.41) is 11.7. The third kappa shape index (κ3) is 4.35. The van der Waals surface area contributed by atoms with Crippen molar-refractivity contribution >= 4 is 46.7 Å². The van der Waals surface area contributed by atoms with Gasteiger partial charge in [-0.3, -0.25) is 9.69 Å². The summed E-state index contributed by atoms with van der Waals surface area (Å²) in [5.41, 5.74) is 0.340. The Labute approximate surface area is 179 Å². The van der Waals surface area contributed by atoms with Gasteiger partial charge in [-0.1, -0.05) is 0 Å². The second kappa shape index (κ2) is 8.81. The monoisotopic (exact) mass is 468 g/mol. The van der Waals surface area contributed by atoms with Crippen molar-refractivity contribution in [2.45, 2.75) is 19.0 Å². The van der Waals surface area contributed by atoms with Crippen LogP contribution < -0.4 is 15.8 Å². The van der Waals surface area contributed by atoms with Gasteiger partial charge in [-0.25, -0.2) is 0 Å². The van der Waals surface area contributed by atoms with Gasteiger partial charge in [0.2, 0.25) is 0 Å². The fourth-order valence-electron chi connectivity index (χ4n) is 3.53. The van der Waals surface area contributed by atoms with Crippen LogP contribution >= 0.6 is 29.4 Å². The van der Waals surface area contributed by atoms with Gasteiger partial charge in [0.15, 0.2) is 11.6 Å². The zero-order chi connectivity index (χ0) is 19.0. The van der Waals surface area contributed by atoms with Crippen molar-refractivity contribution in [3.8, 4) is 0 Å². The van der Waals surface area contributed by atoms with Crippen LogP contribution in [0.15, 0.2) is 33.7 Å². The van der Waals surface area contributed by atoms with Crippen molar-refractivity contribution in [1.29, 1.82) is 0 Å². The molecule has 0 bridgehead atoms. The van der Waals surface area contributed by atoms with Crippen LogP contribution in [-0.4, -0.2) is 64.6 Å². The minimum atomic E-state index is -0.117. The number of nitrogens with zero attached hydrogens (tertiary/aromatic N) is 5. The molecule has 1 atom stereocenters. The fraction of sp³-hybridized carbons (Fsp3) is 0.500. The third-order valence-electron chi connectivity index (χ3n) is 5.15. The number of hydrogen-bond donors (Lipinski definition) is 1. The van der Waals surface area contributed by atoms with E-state index in [9.17, 15) is 4.79 Å². The van der Waals surface area contributed by atoms with Gasteiger partial charge in [0.05, 0.1) is 19.3 Å². The van der Waals surface area contributed by atoms with E-state index in [1.165, 1.54) is 4.57 Å². The normalized spacial score (nSPS) is 20.4. The van der Waals surface area contributed by atoms with Crippen LogP contribution in [0.2, 0.25) is 0 Å². The lowest BCUT2D eigenvalue weighted by Crippen LogP contribution is -2.59. The molecule has 2 aliphatic heterocycles. The molecule has 4 heterocycles. The molecule has 8 nitrogen and oxygen atoms in total. The highest BCUT2D eigenvalue weighted by Gasteiger charge is 2.32. The predicted octanol–water partition coefficient (Wildman–Crippen LogP) is 1.70. The topological polar surface area (TPSA) is 75.5 Å². The number of anilines is 3. The van der Waals surface area contributed by atoms with Crippen LogP contribution in [0.1, 0.15) is 6.92 Å². The smallest absolute Gasteiger partial charge is 0.274 e. The SMILES string of the molecule is C[C@H]1CN(C2COC2)CCN1c1ccc(Nc2cc(Br)cn(C)c2=O)nn1.S. The molecule has 10 heteroatoms. The van der Waals surface area contributed by atoms with E-state index in [4.69, 9.17) is 4.74 Å². The van der Waals surface area contributed by atoms with Crippen LogP contribution in [0.25, 0.3) is 0 Å². The van der Waals surface area contributed by atoms with Crippen molar-refractivity contribution < 1.29 is 4.74 Å². The minimum absolute atomic E-state index is 0. The Bertz CT molecular complexity index is 873. The van der Waals surface area contributed by atoms with E-state index in [0.29, 0.717) is 23.6 Å². The first kappa shape index (κ1) is 21.1.